The van der Waals surface area contributed by atoms with Crippen LogP contribution in [-0.2, 0) is 12.1 Å². The predicted octanol–water partition coefficient (Wildman–Crippen LogP) is 6.24. The van der Waals surface area contributed by atoms with Gasteiger partial charge in [-0.05, 0) is 68.5 Å². The predicted molar refractivity (Wildman–Crippen MR) is 130 cm³/mol. The third-order valence-electron chi connectivity index (χ3n) is 6.21. The minimum Gasteiger partial charge on any atom is -0.494 e. The van der Waals surface area contributed by atoms with E-state index in [1.165, 1.54) is 5.56 Å². The SMILES string of the molecule is CCC1(c2ccc(OCCCc3ccccc3)cc2)Nc2ccccc2C(=O)N1C(C)C. The number of anilines is 1. The minimum absolute atomic E-state index is 0.0530. The molecule has 1 aliphatic heterocycles. The minimum atomic E-state index is -0.592. The Hall–Kier alpha value is -3.27. The maximum absolute atomic E-state index is 13.4. The van der Waals surface area contributed by atoms with Crippen molar-refractivity contribution in [1.82, 2.24) is 4.90 Å². The molecule has 4 nitrogen and oxygen atoms in total. The molecule has 0 spiro atoms. The highest BCUT2D eigenvalue weighted by molar-refractivity contribution is 6.02. The number of aryl methyl sites for hydroxylation is 1. The first kappa shape index (κ1) is 21.9. The Balaban J connectivity index is 1.51. The molecule has 4 rings (SSSR count). The molecule has 0 bridgehead atoms. The second kappa shape index (κ2) is 9.47. The van der Waals surface area contributed by atoms with Gasteiger partial charge in [0.15, 0.2) is 0 Å². The van der Waals surface area contributed by atoms with E-state index in [1.54, 1.807) is 0 Å². The molecule has 0 radical (unpaired) electrons. The van der Waals surface area contributed by atoms with Gasteiger partial charge < -0.3 is 15.0 Å². The first-order valence-corrected chi connectivity index (χ1v) is 11.5. The summed E-state index contributed by atoms with van der Waals surface area (Å²) >= 11 is 0. The number of carbonyl (C=O) groups excluding carboxylic acids is 1. The van der Waals surface area contributed by atoms with Gasteiger partial charge in [0.2, 0.25) is 0 Å². The van der Waals surface area contributed by atoms with E-state index in [0.29, 0.717) is 6.61 Å². The normalized spacial score (nSPS) is 17.8. The highest BCUT2D eigenvalue weighted by atomic mass is 16.5. The smallest absolute Gasteiger partial charge is 0.258 e. The van der Waals surface area contributed by atoms with Gasteiger partial charge in [-0.3, -0.25) is 4.79 Å². The Bertz CT molecular complexity index is 1050. The van der Waals surface area contributed by atoms with Crippen molar-refractivity contribution in [2.24, 2.45) is 0 Å². The third kappa shape index (κ3) is 4.22. The van der Waals surface area contributed by atoms with Crippen LogP contribution < -0.4 is 10.1 Å². The van der Waals surface area contributed by atoms with Gasteiger partial charge in [0, 0.05) is 11.7 Å². The van der Waals surface area contributed by atoms with Crippen LogP contribution in [-0.4, -0.2) is 23.5 Å². The van der Waals surface area contributed by atoms with Gasteiger partial charge in [0.25, 0.3) is 5.91 Å². The van der Waals surface area contributed by atoms with Crippen LogP contribution >= 0.6 is 0 Å². The van der Waals surface area contributed by atoms with Crippen molar-refractivity contribution in [2.75, 3.05) is 11.9 Å². The summed E-state index contributed by atoms with van der Waals surface area (Å²) in [6.45, 7) is 6.94. The highest BCUT2D eigenvalue weighted by Crippen LogP contribution is 2.41. The zero-order chi connectivity index (χ0) is 22.6. The number of rotatable bonds is 8. The Morgan fingerprint density at radius 2 is 1.62 bits per heavy atom. The molecule has 1 heterocycles. The van der Waals surface area contributed by atoms with E-state index >= 15 is 0 Å². The zero-order valence-corrected chi connectivity index (χ0v) is 19.2. The van der Waals surface area contributed by atoms with E-state index in [9.17, 15) is 4.79 Å². The van der Waals surface area contributed by atoms with Gasteiger partial charge in [-0.25, -0.2) is 0 Å². The molecule has 1 atom stereocenters. The van der Waals surface area contributed by atoms with Crippen LogP contribution in [0.5, 0.6) is 5.75 Å². The molecule has 0 saturated carbocycles. The summed E-state index contributed by atoms with van der Waals surface area (Å²) < 4.78 is 5.99. The fourth-order valence-electron chi connectivity index (χ4n) is 4.65. The number of para-hydroxylation sites is 1. The lowest BCUT2D eigenvalue weighted by atomic mass is 9.88. The largest absolute Gasteiger partial charge is 0.494 e. The van der Waals surface area contributed by atoms with Crippen molar-refractivity contribution in [3.8, 4) is 5.75 Å². The summed E-state index contributed by atoms with van der Waals surface area (Å²) in [4.78, 5) is 15.4. The van der Waals surface area contributed by atoms with E-state index in [0.717, 1.165) is 41.8 Å². The average Bonchev–Trinajstić information content (AvgIpc) is 2.82. The molecule has 0 fully saturated rings. The molecule has 1 amide bonds. The Morgan fingerprint density at radius 3 is 2.31 bits per heavy atom. The average molecular weight is 429 g/mol. The van der Waals surface area contributed by atoms with Crippen molar-refractivity contribution in [3.63, 3.8) is 0 Å². The van der Waals surface area contributed by atoms with Crippen molar-refractivity contribution >= 4 is 11.6 Å². The molecule has 32 heavy (non-hydrogen) atoms. The number of nitrogens with zero attached hydrogens (tertiary/aromatic N) is 1. The number of carbonyl (C=O) groups is 1. The molecular formula is C28H32N2O2. The number of amides is 1. The Kier molecular flexibility index (Phi) is 6.50. The van der Waals surface area contributed by atoms with Gasteiger partial charge >= 0.3 is 0 Å². The Morgan fingerprint density at radius 1 is 0.938 bits per heavy atom. The first-order chi connectivity index (χ1) is 15.5. The number of benzene rings is 3. The fraction of sp³-hybridized carbons (Fsp3) is 0.321. The maximum atomic E-state index is 13.4. The molecule has 4 heteroatoms. The lowest BCUT2D eigenvalue weighted by Crippen LogP contribution is -2.59. The highest BCUT2D eigenvalue weighted by Gasteiger charge is 2.45. The standard InChI is InChI=1S/C28H32N2O2/c1-4-28(29-26-15-9-8-14-25(26)27(31)30(28)21(2)3)23-16-18-24(19-17-23)32-20-10-13-22-11-6-5-7-12-22/h5-9,11-12,14-19,21,29H,4,10,13,20H2,1-3H3. The van der Waals surface area contributed by atoms with E-state index < -0.39 is 5.66 Å². The van der Waals surface area contributed by atoms with Gasteiger partial charge in [-0.2, -0.15) is 0 Å². The lowest BCUT2D eigenvalue weighted by Gasteiger charge is -2.50. The molecular weight excluding hydrogens is 396 g/mol. The van der Waals surface area contributed by atoms with E-state index in [-0.39, 0.29) is 11.9 Å². The van der Waals surface area contributed by atoms with Gasteiger partial charge in [-0.15, -0.1) is 0 Å². The third-order valence-corrected chi connectivity index (χ3v) is 6.21. The topological polar surface area (TPSA) is 41.6 Å². The van der Waals surface area contributed by atoms with Gasteiger partial charge in [0.05, 0.1) is 12.2 Å². The van der Waals surface area contributed by atoms with Gasteiger partial charge in [-0.1, -0.05) is 61.5 Å². The van der Waals surface area contributed by atoms with Crippen molar-refractivity contribution in [2.45, 2.75) is 51.7 Å². The molecule has 3 aromatic rings. The summed E-state index contributed by atoms with van der Waals surface area (Å²) in [7, 11) is 0. The summed E-state index contributed by atoms with van der Waals surface area (Å²) in [5, 5.41) is 3.69. The summed E-state index contributed by atoms with van der Waals surface area (Å²) in [6, 6.07) is 26.5. The van der Waals surface area contributed by atoms with Crippen LogP contribution in [0, 0.1) is 0 Å². The van der Waals surface area contributed by atoms with Crippen molar-refractivity contribution in [3.05, 3.63) is 95.6 Å². The summed E-state index contributed by atoms with van der Waals surface area (Å²) in [5.41, 5.74) is 3.42. The molecule has 1 N–H and O–H groups in total. The van der Waals surface area contributed by atoms with Crippen LogP contribution in [0.15, 0.2) is 78.9 Å². The summed E-state index contributed by atoms with van der Waals surface area (Å²) in [5.74, 6) is 0.920. The second-order valence-corrected chi connectivity index (χ2v) is 8.62. The van der Waals surface area contributed by atoms with Crippen LogP contribution in [0.1, 0.15) is 55.1 Å². The number of hydrogen-bond donors (Lipinski definition) is 1. The van der Waals surface area contributed by atoms with E-state index in [1.807, 2.05) is 47.4 Å². The van der Waals surface area contributed by atoms with Crippen molar-refractivity contribution < 1.29 is 9.53 Å². The zero-order valence-electron chi connectivity index (χ0n) is 19.2. The molecule has 0 aromatic heterocycles. The first-order valence-electron chi connectivity index (χ1n) is 11.5. The lowest BCUT2D eigenvalue weighted by molar-refractivity contribution is 0.0371. The fourth-order valence-corrected chi connectivity index (χ4v) is 4.65. The van der Waals surface area contributed by atoms with Crippen LogP contribution in [0.25, 0.3) is 0 Å². The number of fused-ring (bicyclic) bond motifs is 1. The molecule has 0 saturated heterocycles. The van der Waals surface area contributed by atoms with Crippen LogP contribution in [0.2, 0.25) is 0 Å². The number of nitrogens with one attached hydrogen (secondary N) is 1. The summed E-state index contributed by atoms with van der Waals surface area (Å²) in [6.07, 6.45) is 2.73. The van der Waals surface area contributed by atoms with E-state index in [2.05, 4.69) is 62.5 Å². The van der Waals surface area contributed by atoms with Crippen molar-refractivity contribution in [1.29, 1.82) is 0 Å². The van der Waals surface area contributed by atoms with E-state index in [4.69, 9.17) is 4.74 Å². The maximum Gasteiger partial charge on any atom is 0.258 e. The quantitative estimate of drug-likeness (QED) is 0.432. The van der Waals surface area contributed by atoms with Crippen LogP contribution in [0.4, 0.5) is 5.69 Å². The van der Waals surface area contributed by atoms with Gasteiger partial charge in [0.1, 0.15) is 11.4 Å². The molecule has 1 unspecified atom stereocenters. The molecule has 166 valence electrons. The molecule has 1 aliphatic rings. The number of ether oxygens (including phenoxy) is 1. The number of hydrogen-bond acceptors (Lipinski definition) is 3. The molecule has 0 aliphatic carbocycles. The molecule has 3 aromatic carbocycles. The van der Waals surface area contributed by atoms with Crippen LogP contribution in [0.3, 0.4) is 0 Å². The monoisotopic (exact) mass is 428 g/mol. The second-order valence-electron chi connectivity index (χ2n) is 8.62. The Labute approximate surface area is 191 Å².